The summed E-state index contributed by atoms with van der Waals surface area (Å²) in [6.07, 6.45) is 2.09. The molecule has 1 aliphatic carbocycles. The second-order valence-corrected chi connectivity index (χ2v) is 2.90. The van der Waals surface area contributed by atoms with Crippen LogP contribution in [0, 0.1) is 0 Å². The van der Waals surface area contributed by atoms with Gasteiger partial charge >= 0.3 is 0 Å². The van der Waals surface area contributed by atoms with Gasteiger partial charge in [0.2, 0.25) is 0 Å². The van der Waals surface area contributed by atoms with Crippen LogP contribution >= 0.6 is 21.5 Å². The maximum absolute atomic E-state index is 10.3. The van der Waals surface area contributed by atoms with Crippen LogP contribution in [-0.4, -0.2) is 17.5 Å². The summed E-state index contributed by atoms with van der Waals surface area (Å²) < 4.78 is 0. The number of allylic oxidation sites excluding steroid dienone is 1. The number of carbonyl (C=O) groups excluding carboxylic acids is 1. The van der Waals surface area contributed by atoms with E-state index in [0.717, 1.165) is 6.29 Å². The lowest BCUT2D eigenvalue weighted by Crippen LogP contribution is -2.13. The third kappa shape index (κ3) is 2.90. The SMILES string of the molecule is O=CC1=C(Cl)CCC(O)C1.P. The minimum Gasteiger partial charge on any atom is -0.393 e. The van der Waals surface area contributed by atoms with E-state index in [1.165, 1.54) is 0 Å². The summed E-state index contributed by atoms with van der Waals surface area (Å²) in [6.45, 7) is 0. The molecule has 0 saturated heterocycles. The largest absolute Gasteiger partial charge is 0.393 e. The van der Waals surface area contributed by atoms with Gasteiger partial charge in [0.25, 0.3) is 0 Å². The van der Waals surface area contributed by atoms with Crippen molar-refractivity contribution in [3.63, 3.8) is 0 Å². The first-order valence-electron chi connectivity index (χ1n) is 3.25. The molecular formula is C7H12ClO2P. The van der Waals surface area contributed by atoms with E-state index >= 15 is 0 Å². The van der Waals surface area contributed by atoms with Crippen molar-refractivity contribution in [1.82, 2.24) is 0 Å². The third-order valence-electron chi connectivity index (χ3n) is 1.64. The lowest BCUT2D eigenvalue weighted by atomic mass is 9.98. The molecule has 1 aliphatic rings. The maximum atomic E-state index is 10.3. The summed E-state index contributed by atoms with van der Waals surface area (Å²) in [5, 5.41) is 9.69. The topological polar surface area (TPSA) is 37.3 Å². The van der Waals surface area contributed by atoms with Gasteiger partial charge in [0.15, 0.2) is 0 Å². The second-order valence-electron chi connectivity index (χ2n) is 2.44. The smallest absolute Gasteiger partial charge is 0.147 e. The van der Waals surface area contributed by atoms with Crippen molar-refractivity contribution in [2.24, 2.45) is 0 Å². The first-order chi connectivity index (χ1) is 4.74. The van der Waals surface area contributed by atoms with Gasteiger partial charge in [-0.2, -0.15) is 9.90 Å². The van der Waals surface area contributed by atoms with Crippen molar-refractivity contribution in [3.8, 4) is 0 Å². The molecule has 0 amide bonds. The Morgan fingerprint density at radius 3 is 2.73 bits per heavy atom. The van der Waals surface area contributed by atoms with Crippen molar-refractivity contribution >= 4 is 27.8 Å². The molecular weight excluding hydrogens is 183 g/mol. The fraction of sp³-hybridized carbons (Fsp3) is 0.571. The molecule has 0 aromatic carbocycles. The number of aldehydes is 1. The van der Waals surface area contributed by atoms with Gasteiger partial charge in [-0.25, -0.2) is 0 Å². The molecule has 0 saturated carbocycles. The van der Waals surface area contributed by atoms with Gasteiger partial charge in [0, 0.05) is 17.0 Å². The molecule has 11 heavy (non-hydrogen) atoms. The number of hydrogen-bond acceptors (Lipinski definition) is 2. The fourth-order valence-electron chi connectivity index (χ4n) is 1.03. The standard InChI is InChI=1S/C7H9ClO2.H3P/c8-7-2-1-6(10)3-5(7)4-9;/h4,6,10H,1-3H2;1H3. The zero-order chi connectivity index (χ0) is 7.56. The molecule has 0 bridgehead atoms. The van der Waals surface area contributed by atoms with Gasteiger partial charge in [0.05, 0.1) is 6.10 Å². The van der Waals surface area contributed by atoms with Gasteiger partial charge in [-0.3, -0.25) is 4.79 Å². The molecule has 64 valence electrons. The Balaban J connectivity index is 0.000001000. The summed E-state index contributed by atoms with van der Waals surface area (Å²) in [6, 6.07) is 0. The van der Waals surface area contributed by atoms with Gasteiger partial charge < -0.3 is 5.11 Å². The van der Waals surface area contributed by atoms with E-state index in [1.807, 2.05) is 0 Å². The van der Waals surface area contributed by atoms with E-state index in [1.54, 1.807) is 0 Å². The highest BCUT2D eigenvalue weighted by molar-refractivity contribution is 6.92. The molecule has 2 unspecified atom stereocenters. The van der Waals surface area contributed by atoms with Crippen LogP contribution in [0.15, 0.2) is 10.6 Å². The lowest BCUT2D eigenvalue weighted by Gasteiger charge is -2.16. The fourth-order valence-corrected chi connectivity index (χ4v) is 1.26. The van der Waals surface area contributed by atoms with Gasteiger partial charge in [-0.15, -0.1) is 0 Å². The zero-order valence-electron chi connectivity index (χ0n) is 6.22. The normalized spacial score (nSPS) is 24.4. The Bertz CT molecular complexity index is 179. The minimum atomic E-state index is -0.373. The molecule has 4 heteroatoms. The van der Waals surface area contributed by atoms with E-state index < -0.39 is 0 Å². The van der Waals surface area contributed by atoms with Crippen molar-refractivity contribution < 1.29 is 9.90 Å². The van der Waals surface area contributed by atoms with Gasteiger partial charge in [-0.05, 0) is 12.8 Å². The Morgan fingerprint density at radius 2 is 2.27 bits per heavy atom. The highest BCUT2D eigenvalue weighted by Crippen LogP contribution is 2.26. The number of rotatable bonds is 1. The molecule has 0 radical (unpaired) electrons. The summed E-state index contributed by atoms with van der Waals surface area (Å²) in [5.74, 6) is 0. The second kappa shape index (κ2) is 4.87. The number of aliphatic hydroxyl groups is 1. The number of carbonyl (C=O) groups is 1. The predicted octanol–water partition coefficient (Wildman–Crippen LogP) is 1.28. The molecule has 2 atom stereocenters. The summed E-state index contributed by atoms with van der Waals surface area (Å²) in [4.78, 5) is 10.3. The van der Waals surface area contributed by atoms with Crippen molar-refractivity contribution in [3.05, 3.63) is 10.6 Å². The first kappa shape index (κ1) is 11.1. The van der Waals surface area contributed by atoms with Crippen LogP contribution in [0.4, 0.5) is 0 Å². The Labute approximate surface area is 74.2 Å². The van der Waals surface area contributed by atoms with E-state index in [4.69, 9.17) is 16.7 Å². The van der Waals surface area contributed by atoms with E-state index in [-0.39, 0.29) is 16.0 Å². The Morgan fingerprint density at radius 1 is 1.64 bits per heavy atom. The average molecular weight is 195 g/mol. The number of aliphatic hydroxyl groups excluding tert-OH is 1. The summed E-state index contributed by atoms with van der Waals surface area (Å²) >= 11 is 5.69. The van der Waals surface area contributed by atoms with E-state index in [0.29, 0.717) is 29.9 Å². The predicted molar refractivity (Wildman–Crippen MR) is 49.9 cm³/mol. The molecule has 0 aromatic rings. The van der Waals surface area contributed by atoms with Crippen LogP contribution in [0.2, 0.25) is 0 Å². The van der Waals surface area contributed by atoms with E-state index in [2.05, 4.69) is 0 Å². The zero-order valence-corrected chi connectivity index (χ0v) is 8.39. The highest BCUT2D eigenvalue weighted by atomic mass is 35.5. The van der Waals surface area contributed by atoms with Crippen LogP contribution in [0.3, 0.4) is 0 Å². The number of hydrogen-bond donors (Lipinski definition) is 1. The first-order valence-corrected chi connectivity index (χ1v) is 3.62. The summed E-state index contributed by atoms with van der Waals surface area (Å²) in [7, 11) is 0. The molecule has 0 heterocycles. The maximum Gasteiger partial charge on any atom is 0.147 e. The molecule has 0 aliphatic heterocycles. The summed E-state index contributed by atoms with van der Waals surface area (Å²) in [5.41, 5.74) is 0.556. The van der Waals surface area contributed by atoms with Crippen molar-refractivity contribution in [2.75, 3.05) is 0 Å². The monoisotopic (exact) mass is 194 g/mol. The lowest BCUT2D eigenvalue weighted by molar-refractivity contribution is -0.105. The quantitative estimate of drug-likeness (QED) is 0.505. The molecule has 0 spiro atoms. The van der Waals surface area contributed by atoms with Crippen molar-refractivity contribution in [2.45, 2.75) is 25.4 Å². The van der Waals surface area contributed by atoms with Crippen LogP contribution in [0.5, 0.6) is 0 Å². The molecule has 2 nitrogen and oxygen atoms in total. The van der Waals surface area contributed by atoms with Crippen molar-refractivity contribution in [1.29, 1.82) is 0 Å². The van der Waals surface area contributed by atoms with Crippen LogP contribution in [0.1, 0.15) is 19.3 Å². The molecule has 1 N–H and O–H groups in total. The third-order valence-corrected chi connectivity index (χ3v) is 2.08. The van der Waals surface area contributed by atoms with E-state index in [9.17, 15) is 4.79 Å². The van der Waals surface area contributed by atoms with Crippen LogP contribution in [0.25, 0.3) is 0 Å². The molecule has 0 aromatic heterocycles. The minimum absolute atomic E-state index is 0. The Kier molecular flexibility index (Phi) is 4.91. The molecule has 1 rings (SSSR count). The Hall–Kier alpha value is 0.0900. The molecule has 0 fully saturated rings. The van der Waals surface area contributed by atoms with Crippen LogP contribution < -0.4 is 0 Å². The highest BCUT2D eigenvalue weighted by Gasteiger charge is 2.16. The van der Waals surface area contributed by atoms with Gasteiger partial charge in [0.1, 0.15) is 6.29 Å². The number of halogens is 1. The average Bonchev–Trinajstić information content (AvgIpc) is 1.94. The van der Waals surface area contributed by atoms with Crippen LogP contribution in [-0.2, 0) is 4.79 Å². The van der Waals surface area contributed by atoms with Gasteiger partial charge in [-0.1, -0.05) is 11.6 Å².